The van der Waals surface area contributed by atoms with Crippen molar-refractivity contribution in [3.05, 3.63) is 17.6 Å². The van der Waals surface area contributed by atoms with E-state index in [0.717, 1.165) is 0 Å². The first-order chi connectivity index (χ1) is 7.04. The van der Waals surface area contributed by atoms with Crippen LogP contribution in [0.15, 0.2) is 12.3 Å². The third-order valence-electron chi connectivity index (χ3n) is 2.25. The van der Waals surface area contributed by atoms with Crippen LogP contribution in [0.5, 0.6) is 0 Å². The highest BCUT2D eigenvalue weighted by molar-refractivity contribution is 5.90. The minimum absolute atomic E-state index is 0.0295. The first-order valence-corrected chi connectivity index (χ1v) is 4.12. The number of nitrogens with zero attached hydrogens (tertiary/aromatic N) is 2. The van der Waals surface area contributed by atoms with E-state index in [1.165, 1.54) is 12.3 Å². The van der Waals surface area contributed by atoms with Gasteiger partial charge in [0.1, 0.15) is 5.69 Å². The minimum atomic E-state index is 0.0295. The molecule has 2 aliphatic rings. The maximum atomic E-state index is 9.44. The number of fused-ring (bicyclic) bond motifs is 1. The molecule has 0 fully saturated rings. The van der Waals surface area contributed by atoms with Gasteiger partial charge < -0.3 is 22.4 Å². The van der Waals surface area contributed by atoms with Crippen molar-refractivity contribution in [3.63, 3.8) is 0 Å². The molecular weight excluding hydrogens is 196 g/mol. The molecule has 0 aromatic rings. The number of nitrogens with one attached hydrogen (secondary N) is 1. The second-order valence-corrected chi connectivity index (χ2v) is 3.10. The Balaban J connectivity index is 3.06. The Labute approximate surface area is 84.5 Å². The molecule has 1 heterocycles. The number of aromatic nitrogens is 2. The van der Waals surface area contributed by atoms with Gasteiger partial charge in [-0.2, -0.15) is 0 Å². The SMILES string of the molecule is N=c1c2ccnn(O)c-2c(N)c(N)c1N. The van der Waals surface area contributed by atoms with Gasteiger partial charge in [0.05, 0.1) is 28.6 Å². The third-order valence-corrected chi connectivity index (χ3v) is 2.25. The summed E-state index contributed by atoms with van der Waals surface area (Å²) >= 11 is 0. The van der Waals surface area contributed by atoms with E-state index < -0.39 is 0 Å². The van der Waals surface area contributed by atoms with Crippen molar-refractivity contribution >= 4 is 17.1 Å². The summed E-state index contributed by atoms with van der Waals surface area (Å²) in [6.45, 7) is 0. The van der Waals surface area contributed by atoms with E-state index in [0.29, 0.717) is 10.4 Å². The number of rotatable bonds is 0. The largest absolute Gasteiger partial charge is 0.411 e. The molecule has 0 saturated carbocycles. The maximum Gasteiger partial charge on any atom is 0.135 e. The zero-order valence-electron chi connectivity index (χ0n) is 7.73. The topological polar surface area (TPSA) is 140 Å². The second kappa shape index (κ2) is 2.77. The molecular formula is C8H10N6O. The van der Waals surface area contributed by atoms with Gasteiger partial charge in [-0.25, -0.2) is 0 Å². The van der Waals surface area contributed by atoms with Gasteiger partial charge in [-0.15, -0.1) is 5.10 Å². The van der Waals surface area contributed by atoms with Crippen LogP contribution >= 0.6 is 0 Å². The number of hydrogen-bond acceptors (Lipinski definition) is 6. The van der Waals surface area contributed by atoms with Crippen LogP contribution in [0, 0.1) is 5.41 Å². The standard InChI is InChI=1S/C8H10N6O/c9-4-3-1-2-13-14(15)8(3)7(12)6(11)5(4)10/h1-2,9,15H,10-12H2. The summed E-state index contributed by atoms with van der Waals surface area (Å²) < 4.78 is 0. The Morgan fingerprint density at radius 3 is 2.53 bits per heavy atom. The molecule has 0 unspecified atom stereocenters. The van der Waals surface area contributed by atoms with Crippen LogP contribution < -0.4 is 22.6 Å². The van der Waals surface area contributed by atoms with Crippen LogP contribution in [0.4, 0.5) is 17.1 Å². The van der Waals surface area contributed by atoms with E-state index >= 15 is 0 Å². The molecule has 1 aliphatic heterocycles. The number of nitrogen functional groups attached to an aromatic ring is 3. The smallest absolute Gasteiger partial charge is 0.135 e. The lowest BCUT2D eigenvalue weighted by Crippen LogP contribution is -2.20. The molecule has 15 heavy (non-hydrogen) atoms. The first-order valence-electron chi connectivity index (χ1n) is 4.12. The summed E-state index contributed by atoms with van der Waals surface area (Å²) in [6.07, 6.45) is 1.34. The summed E-state index contributed by atoms with van der Waals surface area (Å²) in [5.74, 6) is 0. The lowest BCUT2D eigenvalue weighted by atomic mass is 10.0. The van der Waals surface area contributed by atoms with Gasteiger partial charge in [-0.3, -0.25) is 5.41 Å². The van der Waals surface area contributed by atoms with Crippen LogP contribution in [0.2, 0.25) is 0 Å². The minimum Gasteiger partial charge on any atom is -0.411 e. The zero-order chi connectivity index (χ0) is 11.2. The molecule has 78 valence electrons. The normalized spacial score (nSPS) is 10.7. The molecule has 0 spiro atoms. The zero-order valence-corrected chi connectivity index (χ0v) is 7.73. The summed E-state index contributed by atoms with van der Waals surface area (Å²) in [4.78, 5) is 0.582. The van der Waals surface area contributed by atoms with E-state index in [2.05, 4.69) is 5.10 Å². The first kappa shape index (κ1) is 9.13. The number of nitrogens with two attached hydrogens (primary N) is 3. The predicted molar refractivity (Wildman–Crippen MR) is 55.1 cm³/mol. The fraction of sp³-hybridized carbons (Fsp3) is 0. The molecule has 7 nitrogen and oxygen atoms in total. The summed E-state index contributed by atoms with van der Waals surface area (Å²) in [5.41, 5.74) is 17.8. The monoisotopic (exact) mass is 206 g/mol. The van der Waals surface area contributed by atoms with Crippen molar-refractivity contribution < 1.29 is 5.21 Å². The quantitative estimate of drug-likeness (QED) is 0.290. The molecule has 0 aromatic carbocycles. The van der Waals surface area contributed by atoms with E-state index in [9.17, 15) is 5.21 Å². The Hall–Kier alpha value is -2.44. The average Bonchev–Trinajstić information content (AvgIpc) is 2.23. The molecule has 8 N–H and O–H groups in total. The number of benzene rings is 1. The van der Waals surface area contributed by atoms with Gasteiger partial charge in [0.15, 0.2) is 0 Å². The van der Waals surface area contributed by atoms with Crippen LogP contribution in [-0.2, 0) is 0 Å². The maximum absolute atomic E-state index is 9.44. The van der Waals surface area contributed by atoms with Crippen molar-refractivity contribution in [1.82, 2.24) is 9.94 Å². The fourth-order valence-electron chi connectivity index (χ4n) is 1.42. The molecule has 0 saturated heterocycles. The number of anilines is 3. The van der Waals surface area contributed by atoms with Crippen LogP contribution in [0.25, 0.3) is 11.3 Å². The van der Waals surface area contributed by atoms with Crippen molar-refractivity contribution in [3.8, 4) is 11.3 Å². The van der Waals surface area contributed by atoms with Gasteiger partial charge in [0, 0.05) is 5.56 Å². The average molecular weight is 206 g/mol. The Kier molecular flexibility index (Phi) is 1.69. The fourth-order valence-corrected chi connectivity index (χ4v) is 1.42. The summed E-state index contributed by atoms with van der Waals surface area (Å²) in [5, 5.41) is 20.8. The highest BCUT2D eigenvalue weighted by Crippen LogP contribution is 2.31. The molecule has 0 aromatic heterocycles. The summed E-state index contributed by atoms with van der Waals surface area (Å²) in [6, 6.07) is 1.54. The van der Waals surface area contributed by atoms with Crippen molar-refractivity contribution in [1.29, 1.82) is 5.41 Å². The lowest BCUT2D eigenvalue weighted by Gasteiger charge is -2.14. The van der Waals surface area contributed by atoms with Gasteiger partial charge in [-0.1, -0.05) is 4.85 Å². The molecule has 1 aliphatic carbocycles. The molecule has 2 rings (SSSR count). The van der Waals surface area contributed by atoms with E-state index in [-0.39, 0.29) is 28.1 Å². The second-order valence-electron chi connectivity index (χ2n) is 3.10. The van der Waals surface area contributed by atoms with E-state index in [4.69, 9.17) is 22.6 Å². The molecule has 0 bridgehead atoms. The van der Waals surface area contributed by atoms with E-state index in [1.54, 1.807) is 0 Å². The molecule has 0 radical (unpaired) electrons. The molecule has 0 amide bonds. The van der Waals surface area contributed by atoms with Gasteiger partial charge in [0.2, 0.25) is 0 Å². The highest BCUT2D eigenvalue weighted by Gasteiger charge is 2.18. The Morgan fingerprint density at radius 2 is 1.87 bits per heavy atom. The van der Waals surface area contributed by atoms with Gasteiger partial charge in [0.25, 0.3) is 0 Å². The summed E-state index contributed by atoms with van der Waals surface area (Å²) in [7, 11) is 0. The van der Waals surface area contributed by atoms with Crippen molar-refractivity contribution in [2.24, 2.45) is 0 Å². The Bertz CT molecular complexity index is 560. The highest BCUT2D eigenvalue weighted by atomic mass is 16.5. The number of hydrogen-bond donors (Lipinski definition) is 5. The predicted octanol–water partition coefficient (Wildman–Crippen LogP) is -0.549. The van der Waals surface area contributed by atoms with Gasteiger partial charge >= 0.3 is 0 Å². The Morgan fingerprint density at radius 1 is 1.20 bits per heavy atom. The third kappa shape index (κ3) is 1.06. The molecule has 0 atom stereocenters. The van der Waals surface area contributed by atoms with E-state index in [1.807, 2.05) is 0 Å². The molecule has 7 heteroatoms. The lowest BCUT2D eigenvalue weighted by molar-refractivity contribution is 0.149. The van der Waals surface area contributed by atoms with Crippen LogP contribution in [-0.4, -0.2) is 15.2 Å². The van der Waals surface area contributed by atoms with Crippen LogP contribution in [0.3, 0.4) is 0 Å². The van der Waals surface area contributed by atoms with Crippen molar-refractivity contribution in [2.75, 3.05) is 17.2 Å². The van der Waals surface area contributed by atoms with Gasteiger partial charge in [-0.05, 0) is 6.07 Å². The van der Waals surface area contributed by atoms with Crippen molar-refractivity contribution in [2.45, 2.75) is 0 Å². The van der Waals surface area contributed by atoms with Crippen LogP contribution in [0.1, 0.15) is 0 Å².